The number of hydrogen-bond donors (Lipinski definition) is 2. The van der Waals surface area contributed by atoms with E-state index < -0.39 is 0 Å². The SMILES string of the molecule is CC(C)CCNC(=O)C(C)N1CCCC2(CCCNC2)C1. The Morgan fingerprint density at radius 2 is 2.05 bits per heavy atom. The lowest BCUT2D eigenvalue weighted by Gasteiger charge is -2.47. The van der Waals surface area contributed by atoms with Crippen LogP contribution in [0.1, 0.15) is 52.9 Å². The summed E-state index contributed by atoms with van der Waals surface area (Å²) < 4.78 is 0. The zero-order chi connectivity index (χ0) is 15.3. The summed E-state index contributed by atoms with van der Waals surface area (Å²) >= 11 is 0. The number of nitrogens with zero attached hydrogens (tertiary/aromatic N) is 1. The van der Waals surface area contributed by atoms with Gasteiger partial charge in [0.15, 0.2) is 0 Å². The standard InChI is InChI=1S/C17H33N3O/c1-14(2)6-10-19-16(21)15(3)20-11-5-8-17(13-20)7-4-9-18-12-17/h14-15,18H,4-13H2,1-3H3,(H,19,21). The molecule has 2 fully saturated rings. The van der Waals surface area contributed by atoms with Gasteiger partial charge in [0, 0.05) is 19.6 Å². The Hall–Kier alpha value is -0.610. The molecule has 2 rings (SSSR count). The predicted molar refractivity (Wildman–Crippen MR) is 87.3 cm³/mol. The highest BCUT2D eigenvalue weighted by Crippen LogP contribution is 2.36. The van der Waals surface area contributed by atoms with Gasteiger partial charge in [0.1, 0.15) is 0 Å². The van der Waals surface area contributed by atoms with E-state index in [1.807, 2.05) is 0 Å². The highest BCUT2D eigenvalue weighted by Gasteiger charge is 2.38. The van der Waals surface area contributed by atoms with Gasteiger partial charge in [-0.1, -0.05) is 13.8 Å². The smallest absolute Gasteiger partial charge is 0.237 e. The van der Waals surface area contributed by atoms with Crippen LogP contribution in [0.5, 0.6) is 0 Å². The molecule has 2 N–H and O–H groups in total. The third kappa shape index (κ3) is 4.68. The third-order valence-corrected chi connectivity index (χ3v) is 5.20. The van der Waals surface area contributed by atoms with E-state index in [0.29, 0.717) is 11.3 Å². The first-order valence-electron chi connectivity index (χ1n) is 8.75. The van der Waals surface area contributed by atoms with Crippen LogP contribution in [-0.2, 0) is 4.79 Å². The second kappa shape index (κ2) is 7.59. The Bertz CT molecular complexity index is 331. The van der Waals surface area contributed by atoms with Crippen molar-refractivity contribution in [1.82, 2.24) is 15.5 Å². The molecule has 2 heterocycles. The molecule has 0 bridgehead atoms. The summed E-state index contributed by atoms with van der Waals surface area (Å²) in [5.74, 6) is 0.851. The van der Waals surface area contributed by atoms with Crippen LogP contribution in [0.2, 0.25) is 0 Å². The van der Waals surface area contributed by atoms with E-state index in [2.05, 4.69) is 36.3 Å². The number of amides is 1. The first kappa shape index (κ1) is 16.8. The largest absolute Gasteiger partial charge is 0.355 e. The summed E-state index contributed by atoms with van der Waals surface area (Å²) in [7, 11) is 0. The number of carbonyl (C=O) groups excluding carboxylic acids is 1. The number of hydrogen-bond acceptors (Lipinski definition) is 3. The Kier molecular flexibility index (Phi) is 6.06. The molecular weight excluding hydrogens is 262 g/mol. The molecule has 0 aromatic carbocycles. The normalized spacial score (nSPS) is 28.8. The highest BCUT2D eigenvalue weighted by molar-refractivity contribution is 5.81. The maximum atomic E-state index is 12.3. The number of rotatable bonds is 5. The molecule has 2 atom stereocenters. The van der Waals surface area contributed by atoms with Crippen molar-refractivity contribution in [2.75, 3.05) is 32.7 Å². The Morgan fingerprint density at radius 1 is 1.29 bits per heavy atom. The van der Waals surface area contributed by atoms with Gasteiger partial charge in [-0.15, -0.1) is 0 Å². The van der Waals surface area contributed by atoms with E-state index in [9.17, 15) is 4.79 Å². The van der Waals surface area contributed by atoms with Crippen molar-refractivity contribution in [1.29, 1.82) is 0 Å². The lowest BCUT2D eigenvalue weighted by Crippen LogP contribution is -2.56. The van der Waals surface area contributed by atoms with Crippen molar-refractivity contribution in [2.24, 2.45) is 11.3 Å². The number of piperidine rings is 2. The molecule has 0 saturated carbocycles. The Labute approximate surface area is 130 Å². The monoisotopic (exact) mass is 295 g/mol. The van der Waals surface area contributed by atoms with Crippen molar-refractivity contribution in [3.63, 3.8) is 0 Å². The average Bonchev–Trinajstić information content (AvgIpc) is 2.47. The zero-order valence-electron chi connectivity index (χ0n) is 14.1. The minimum atomic E-state index is 0.0104. The van der Waals surface area contributed by atoms with Crippen LogP contribution in [0.3, 0.4) is 0 Å². The van der Waals surface area contributed by atoms with Crippen LogP contribution in [-0.4, -0.2) is 49.6 Å². The maximum Gasteiger partial charge on any atom is 0.237 e. The molecule has 1 spiro atoms. The summed E-state index contributed by atoms with van der Waals surface area (Å²) in [4.78, 5) is 14.7. The molecule has 4 nitrogen and oxygen atoms in total. The molecule has 122 valence electrons. The van der Waals surface area contributed by atoms with E-state index in [4.69, 9.17) is 0 Å². The summed E-state index contributed by atoms with van der Waals surface area (Å²) in [6.07, 6.45) is 6.21. The zero-order valence-corrected chi connectivity index (χ0v) is 14.1. The molecule has 2 saturated heterocycles. The van der Waals surface area contributed by atoms with Crippen molar-refractivity contribution in [3.05, 3.63) is 0 Å². The Balaban J connectivity index is 1.83. The van der Waals surface area contributed by atoms with Crippen LogP contribution in [0.25, 0.3) is 0 Å². The molecule has 2 aliphatic heterocycles. The van der Waals surface area contributed by atoms with Crippen molar-refractivity contribution < 1.29 is 4.79 Å². The molecule has 0 aromatic heterocycles. The molecule has 21 heavy (non-hydrogen) atoms. The molecule has 2 aliphatic rings. The molecule has 0 radical (unpaired) electrons. The van der Waals surface area contributed by atoms with Crippen LogP contribution < -0.4 is 10.6 Å². The maximum absolute atomic E-state index is 12.3. The molecular formula is C17H33N3O. The summed E-state index contributed by atoms with van der Waals surface area (Å²) in [6, 6.07) is 0.0104. The Morgan fingerprint density at radius 3 is 2.71 bits per heavy atom. The summed E-state index contributed by atoms with van der Waals surface area (Å²) in [5.41, 5.74) is 0.420. The molecule has 4 heteroatoms. The predicted octanol–water partition coefficient (Wildman–Crippen LogP) is 2.00. The molecule has 0 aromatic rings. The van der Waals surface area contributed by atoms with Crippen LogP contribution in [0, 0.1) is 11.3 Å². The number of likely N-dealkylation sites (tertiary alicyclic amines) is 1. The van der Waals surface area contributed by atoms with Gasteiger partial charge in [-0.2, -0.15) is 0 Å². The van der Waals surface area contributed by atoms with E-state index >= 15 is 0 Å². The van der Waals surface area contributed by atoms with Crippen LogP contribution >= 0.6 is 0 Å². The van der Waals surface area contributed by atoms with Crippen molar-refractivity contribution in [3.8, 4) is 0 Å². The quantitative estimate of drug-likeness (QED) is 0.815. The van der Waals surface area contributed by atoms with E-state index in [0.717, 1.165) is 39.1 Å². The van der Waals surface area contributed by atoms with Gasteiger partial charge in [-0.25, -0.2) is 0 Å². The first-order chi connectivity index (χ1) is 10.0. The molecule has 1 amide bonds. The van der Waals surface area contributed by atoms with Gasteiger partial charge in [-0.3, -0.25) is 9.69 Å². The second-order valence-electron chi connectivity index (χ2n) is 7.50. The van der Waals surface area contributed by atoms with Gasteiger partial charge >= 0.3 is 0 Å². The van der Waals surface area contributed by atoms with E-state index in [1.54, 1.807) is 0 Å². The van der Waals surface area contributed by atoms with Gasteiger partial charge in [-0.05, 0) is 63.5 Å². The van der Waals surface area contributed by atoms with Gasteiger partial charge < -0.3 is 10.6 Å². The lowest BCUT2D eigenvalue weighted by molar-refractivity contribution is -0.127. The minimum absolute atomic E-state index is 0.0104. The third-order valence-electron chi connectivity index (χ3n) is 5.20. The van der Waals surface area contributed by atoms with Gasteiger partial charge in [0.2, 0.25) is 5.91 Å². The fourth-order valence-electron chi connectivity index (χ4n) is 3.75. The topological polar surface area (TPSA) is 44.4 Å². The van der Waals surface area contributed by atoms with Crippen molar-refractivity contribution in [2.45, 2.75) is 58.9 Å². The minimum Gasteiger partial charge on any atom is -0.355 e. The van der Waals surface area contributed by atoms with Gasteiger partial charge in [0.05, 0.1) is 6.04 Å². The van der Waals surface area contributed by atoms with Gasteiger partial charge in [0.25, 0.3) is 0 Å². The van der Waals surface area contributed by atoms with E-state index in [1.165, 1.54) is 25.7 Å². The number of nitrogens with one attached hydrogen (secondary N) is 2. The highest BCUT2D eigenvalue weighted by atomic mass is 16.2. The molecule has 2 unspecified atom stereocenters. The lowest BCUT2D eigenvalue weighted by atomic mass is 9.74. The van der Waals surface area contributed by atoms with Crippen LogP contribution in [0.15, 0.2) is 0 Å². The van der Waals surface area contributed by atoms with Crippen LogP contribution in [0.4, 0.5) is 0 Å². The second-order valence-corrected chi connectivity index (χ2v) is 7.50. The summed E-state index contributed by atoms with van der Waals surface area (Å²) in [5, 5.41) is 6.66. The first-order valence-corrected chi connectivity index (χ1v) is 8.75. The molecule has 0 aliphatic carbocycles. The number of carbonyl (C=O) groups is 1. The van der Waals surface area contributed by atoms with E-state index in [-0.39, 0.29) is 11.9 Å². The fourth-order valence-corrected chi connectivity index (χ4v) is 3.75. The van der Waals surface area contributed by atoms with Crippen molar-refractivity contribution >= 4 is 5.91 Å². The average molecular weight is 295 g/mol. The summed E-state index contributed by atoms with van der Waals surface area (Å²) in [6.45, 7) is 11.7. The fraction of sp³-hybridized carbons (Fsp3) is 0.941.